The van der Waals surface area contributed by atoms with Crippen LogP contribution in [0.25, 0.3) is 0 Å². The van der Waals surface area contributed by atoms with Crippen LogP contribution >= 0.6 is 0 Å². The Kier molecular flexibility index (Phi) is 5.08. The summed E-state index contributed by atoms with van der Waals surface area (Å²) in [5, 5.41) is 11.2. The van der Waals surface area contributed by atoms with Crippen molar-refractivity contribution < 1.29 is 9.53 Å². The van der Waals surface area contributed by atoms with E-state index in [0.717, 1.165) is 18.7 Å². The van der Waals surface area contributed by atoms with Crippen molar-refractivity contribution in [2.75, 3.05) is 6.61 Å². The summed E-state index contributed by atoms with van der Waals surface area (Å²) in [6, 6.07) is 3.63. The Balaban J connectivity index is 1.74. The van der Waals surface area contributed by atoms with E-state index >= 15 is 0 Å². The minimum atomic E-state index is -0.240. The largest absolute Gasteiger partial charge is 0.477 e. The van der Waals surface area contributed by atoms with Crippen LogP contribution in [0.1, 0.15) is 67.8 Å². The molecule has 0 saturated heterocycles. The Labute approximate surface area is 141 Å². The summed E-state index contributed by atoms with van der Waals surface area (Å²) in [5.41, 5.74) is 0.429. The maximum Gasteiger partial charge on any atom is 0.257 e. The molecule has 1 N–H and O–H groups in total. The van der Waals surface area contributed by atoms with Gasteiger partial charge in [-0.3, -0.25) is 4.79 Å². The molecule has 1 atom stereocenters. The van der Waals surface area contributed by atoms with Crippen LogP contribution in [0.2, 0.25) is 0 Å². The van der Waals surface area contributed by atoms with Crippen LogP contribution < -0.4 is 10.1 Å². The number of ether oxygens (including phenoxy) is 1. The molecule has 0 spiro atoms. The van der Waals surface area contributed by atoms with Crippen molar-refractivity contribution in [2.24, 2.45) is 0 Å². The van der Waals surface area contributed by atoms with Crippen LogP contribution in [0.5, 0.6) is 5.88 Å². The summed E-state index contributed by atoms with van der Waals surface area (Å²) in [4.78, 5) is 16.7. The maximum absolute atomic E-state index is 12.6. The van der Waals surface area contributed by atoms with Crippen LogP contribution in [0.3, 0.4) is 0 Å². The maximum atomic E-state index is 12.6. The van der Waals surface area contributed by atoms with Gasteiger partial charge in [-0.2, -0.15) is 0 Å². The summed E-state index contributed by atoms with van der Waals surface area (Å²) < 4.78 is 7.53. The standard InChI is InChI=1S/C17H23N5O2/c1-3-24-17-14(9-6-10-18-17)16(23)20-12(2)15-21-19-11-22(15)13-7-4-5-8-13/h6,9-13H,3-5,7-8H2,1-2H3,(H,20,23)/t12-/m0/s1. The number of nitrogens with one attached hydrogen (secondary N) is 1. The van der Waals surface area contributed by atoms with Gasteiger partial charge in [-0.05, 0) is 38.8 Å². The Bertz CT molecular complexity index is 694. The Morgan fingerprint density at radius 3 is 3.00 bits per heavy atom. The van der Waals surface area contributed by atoms with Crippen molar-refractivity contribution in [1.82, 2.24) is 25.1 Å². The first-order valence-electron chi connectivity index (χ1n) is 8.48. The molecule has 0 bridgehead atoms. The third-order valence-electron chi connectivity index (χ3n) is 4.35. The molecule has 1 aliphatic carbocycles. The Morgan fingerprint density at radius 2 is 2.25 bits per heavy atom. The van der Waals surface area contributed by atoms with Gasteiger partial charge >= 0.3 is 0 Å². The number of amides is 1. The van der Waals surface area contributed by atoms with Crippen molar-refractivity contribution in [3.05, 3.63) is 36.0 Å². The molecule has 7 nitrogen and oxygen atoms in total. The lowest BCUT2D eigenvalue weighted by molar-refractivity contribution is 0.0932. The minimum absolute atomic E-state index is 0.222. The van der Waals surface area contributed by atoms with Crippen LogP contribution in [-0.2, 0) is 0 Å². The second kappa shape index (κ2) is 7.42. The predicted molar refractivity (Wildman–Crippen MR) is 88.8 cm³/mol. The van der Waals surface area contributed by atoms with Crippen molar-refractivity contribution in [1.29, 1.82) is 0 Å². The topological polar surface area (TPSA) is 81.9 Å². The molecule has 2 aromatic heterocycles. The van der Waals surface area contributed by atoms with Gasteiger partial charge in [0.2, 0.25) is 5.88 Å². The summed E-state index contributed by atoms with van der Waals surface area (Å²) in [6.07, 6.45) is 8.13. The van der Waals surface area contributed by atoms with Gasteiger partial charge in [-0.15, -0.1) is 10.2 Å². The normalized spacial score (nSPS) is 16.1. The van der Waals surface area contributed by atoms with E-state index in [-0.39, 0.29) is 11.9 Å². The summed E-state index contributed by atoms with van der Waals surface area (Å²) >= 11 is 0. The molecule has 1 aliphatic rings. The molecule has 0 aliphatic heterocycles. The third kappa shape index (κ3) is 3.39. The zero-order chi connectivity index (χ0) is 16.9. The zero-order valence-corrected chi connectivity index (χ0v) is 14.1. The number of pyridine rings is 1. The molecule has 1 amide bonds. The molecule has 2 aromatic rings. The van der Waals surface area contributed by atoms with Crippen molar-refractivity contribution in [3.63, 3.8) is 0 Å². The first-order chi connectivity index (χ1) is 11.7. The molecule has 0 aromatic carbocycles. The molecule has 24 heavy (non-hydrogen) atoms. The fraction of sp³-hybridized carbons (Fsp3) is 0.529. The van der Waals surface area contributed by atoms with Gasteiger partial charge in [-0.25, -0.2) is 4.98 Å². The molecule has 3 rings (SSSR count). The summed E-state index contributed by atoms with van der Waals surface area (Å²) in [5.74, 6) is 0.916. The molecule has 1 fully saturated rings. The SMILES string of the molecule is CCOc1ncccc1C(=O)N[C@@H](C)c1nncn1C1CCCC1. The van der Waals surface area contributed by atoms with E-state index in [1.54, 1.807) is 24.7 Å². The second-order valence-electron chi connectivity index (χ2n) is 6.02. The summed E-state index contributed by atoms with van der Waals surface area (Å²) in [7, 11) is 0. The molecule has 2 heterocycles. The number of rotatable bonds is 6. The third-order valence-corrected chi connectivity index (χ3v) is 4.35. The molecule has 1 saturated carbocycles. The average molecular weight is 329 g/mol. The number of hydrogen-bond acceptors (Lipinski definition) is 5. The molecular formula is C17H23N5O2. The highest BCUT2D eigenvalue weighted by Gasteiger charge is 2.24. The smallest absolute Gasteiger partial charge is 0.257 e. The van der Waals surface area contributed by atoms with E-state index in [4.69, 9.17) is 4.74 Å². The number of carbonyl (C=O) groups is 1. The Morgan fingerprint density at radius 1 is 1.46 bits per heavy atom. The number of carbonyl (C=O) groups excluding carboxylic acids is 1. The first-order valence-corrected chi connectivity index (χ1v) is 8.48. The van der Waals surface area contributed by atoms with Crippen LogP contribution in [0, 0.1) is 0 Å². The molecule has 0 unspecified atom stereocenters. The fourth-order valence-corrected chi connectivity index (χ4v) is 3.18. The monoisotopic (exact) mass is 329 g/mol. The number of aromatic nitrogens is 4. The van der Waals surface area contributed by atoms with Gasteiger partial charge in [0, 0.05) is 12.2 Å². The van der Waals surface area contributed by atoms with E-state index in [1.807, 2.05) is 13.8 Å². The van der Waals surface area contributed by atoms with Gasteiger partial charge in [0.15, 0.2) is 5.82 Å². The first kappa shape index (κ1) is 16.4. The second-order valence-corrected chi connectivity index (χ2v) is 6.02. The summed E-state index contributed by atoms with van der Waals surface area (Å²) in [6.45, 7) is 4.25. The lowest BCUT2D eigenvalue weighted by atomic mass is 10.2. The fourth-order valence-electron chi connectivity index (χ4n) is 3.18. The molecule has 0 radical (unpaired) electrons. The van der Waals surface area contributed by atoms with Crippen LogP contribution in [0.15, 0.2) is 24.7 Å². The predicted octanol–water partition coefficient (Wildman–Crippen LogP) is 2.68. The van der Waals surface area contributed by atoms with Gasteiger partial charge in [-0.1, -0.05) is 12.8 Å². The quantitative estimate of drug-likeness (QED) is 0.881. The molecule has 128 valence electrons. The highest BCUT2D eigenvalue weighted by Crippen LogP contribution is 2.31. The lowest BCUT2D eigenvalue weighted by Crippen LogP contribution is -2.29. The van der Waals surface area contributed by atoms with E-state index in [2.05, 4.69) is 25.1 Å². The van der Waals surface area contributed by atoms with Gasteiger partial charge in [0.1, 0.15) is 11.9 Å². The number of nitrogens with zero attached hydrogens (tertiary/aromatic N) is 4. The van der Waals surface area contributed by atoms with Crippen molar-refractivity contribution >= 4 is 5.91 Å². The lowest BCUT2D eigenvalue weighted by Gasteiger charge is -2.19. The van der Waals surface area contributed by atoms with E-state index < -0.39 is 0 Å². The minimum Gasteiger partial charge on any atom is -0.477 e. The molecular weight excluding hydrogens is 306 g/mol. The highest BCUT2D eigenvalue weighted by molar-refractivity contribution is 5.96. The van der Waals surface area contributed by atoms with E-state index in [9.17, 15) is 4.79 Å². The van der Waals surface area contributed by atoms with Crippen molar-refractivity contribution in [3.8, 4) is 5.88 Å². The number of hydrogen-bond donors (Lipinski definition) is 1. The van der Waals surface area contributed by atoms with E-state index in [0.29, 0.717) is 24.1 Å². The van der Waals surface area contributed by atoms with Crippen LogP contribution in [-0.4, -0.2) is 32.3 Å². The zero-order valence-electron chi connectivity index (χ0n) is 14.1. The highest BCUT2D eigenvalue weighted by atomic mass is 16.5. The van der Waals surface area contributed by atoms with Gasteiger partial charge in [0.25, 0.3) is 5.91 Å². The Hall–Kier alpha value is -2.44. The van der Waals surface area contributed by atoms with Crippen LogP contribution in [0.4, 0.5) is 0 Å². The van der Waals surface area contributed by atoms with Crippen molar-refractivity contribution in [2.45, 2.75) is 51.6 Å². The van der Waals surface area contributed by atoms with E-state index in [1.165, 1.54) is 12.8 Å². The average Bonchev–Trinajstić information content (AvgIpc) is 3.26. The van der Waals surface area contributed by atoms with Gasteiger partial charge < -0.3 is 14.6 Å². The van der Waals surface area contributed by atoms with Gasteiger partial charge in [0.05, 0.1) is 12.6 Å². The molecule has 7 heteroatoms.